The molecule has 0 saturated carbocycles. The molecule has 0 spiro atoms. The molecule has 2 N–H and O–H groups in total. The molecule has 1 aromatic carbocycles. The Hall–Kier alpha value is -2.81. The number of carbonyl (C=O) groups excluding carboxylic acids is 2. The van der Waals surface area contributed by atoms with Crippen LogP contribution in [0.5, 0.6) is 0 Å². The Morgan fingerprint density at radius 2 is 2.04 bits per heavy atom. The van der Waals surface area contributed by atoms with Crippen molar-refractivity contribution in [2.45, 2.75) is 31.8 Å². The number of amides is 2. The van der Waals surface area contributed by atoms with Crippen LogP contribution in [0.15, 0.2) is 43.0 Å². The number of hydrogen-bond donors (Lipinski definition) is 2. The Morgan fingerprint density at radius 1 is 1.35 bits per heavy atom. The van der Waals surface area contributed by atoms with Gasteiger partial charge in [-0.25, -0.2) is 4.79 Å². The van der Waals surface area contributed by atoms with Crippen LogP contribution in [0.2, 0.25) is 0 Å². The third kappa shape index (κ3) is 7.14. The predicted molar refractivity (Wildman–Crippen MR) is 86.4 cm³/mol. The fraction of sp³-hybridized carbons (Fsp3) is 0.353. The molecule has 0 aliphatic heterocycles. The molecule has 2 unspecified atom stereocenters. The quantitative estimate of drug-likeness (QED) is 0.566. The molecular formula is C17H21N3O3. The van der Waals surface area contributed by atoms with E-state index in [9.17, 15) is 9.59 Å². The van der Waals surface area contributed by atoms with Crippen LogP contribution >= 0.6 is 0 Å². The molecule has 1 aromatic rings. The number of ether oxygens (including phenoxy) is 1. The SMILES string of the molecule is C=CCCOC(=O)NC(Cc1ccccc1)C(=O)NC(C)C#N. The minimum atomic E-state index is -0.815. The molecule has 2 amide bonds. The summed E-state index contributed by atoms with van der Waals surface area (Å²) in [5.74, 6) is -0.427. The van der Waals surface area contributed by atoms with Gasteiger partial charge in [-0.15, -0.1) is 6.58 Å². The largest absolute Gasteiger partial charge is 0.449 e. The lowest BCUT2D eigenvalue weighted by atomic mass is 10.1. The lowest BCUT2D eigenvalue weighted by molar-refractivity contribution is -0.123. The zero-order chi connectivity index (χ0) is 17.1. The van der Waals surface area contributed by atoms with Gasteiger partial charge in [0.25, 0.3) is 0 Å². The molecule has 0 aromatic heterocycles. The summed E-state index contributed by atoms with van der Waals surface area (Å²) in [6.07, 6.45) is 1.80. The van der Waals surface area contributed by atoms with Crippen LogP contribution < -0.4 is 10.6 Å². The van der Waals surface area contributed by atoms with E-state index in [1.54, 1.807) is 13.0 Å². The Kier molecular flexibility index (Phi) is 7.94. The summed E-state index contributed by atoms with van der Waals surface area (Å²) in [4.78, 5) is 24.0. The van der Waals surface area contributed by atoms with Gasteiger partial charge in [0.2, 0.25) is 5.91 Å². The lowest BCUT2D eigenvalue weighted by Crippen LogP contribution is -2.50. The summed E-state index contributed by atoms with van der Waals surface area (Å²) >= 11 is 0. The van der Waals surface area contributed by atoms with Crippen LogP contribution in [0.25, 0.3) is 0 Å². The van der Waals surface area contributed by atoms with Crippen molar-refractivity contribution in [3.8, 4) is 6.07 Å². The number of alkyl carbamates (subject to hydrolysis) is 1. The first kappa shape index (κ1) is 18.2. The molecule has 0 saturated heterocycles. The second-order valence-electron chi connectivity index (χ2n) is 4.96. The zero-order valence-corrected chi connectivity index (χ0v) is 13.1. The molecule has 0 heterocycles. The maximum atomic E-state index is 12.2. The summed E-state index contributed by atoms with van der Waals surface area (Å²) in [6, 6.07) is 9.76. The molecule has 6 nitrogen and oxygen atoms in total. The van der Waals surface area contributed by atoms with Crippen molar-refractivity contribution in [3.05, 3.63) is 48.6 Å². The maximum Gasteiger partial charge on any atom is 0.407 e. The number of nitrogens with one attached hydrogen (secondary N) is 2. The van der Waals surface area contributed by atoms with Crippen LogP contribution in [-0.4, -0.2) is 30.7 Å². The molecule has 0 radical (unpaired) electrons. The molecule has 6 heteroatoms. The average Bonchev–Trinajstić information content (AvgIpc) is 2.55. The van der Waals surface area contributed by atoms with Gasteiger partial charge in [0, 0.05) is 6.42 Å². The lowest BCUT2D eigenvalue weighted by Gasteiger charge is -2.19. The van der Waals surface area contributed by atoms with Gasteiger partial charge in [-0.05, 0) is 18.9 Å². The molecule has 23 heavy (non-hydrogen) atoms. The Balaban J connectivity index is 2.71. The molecular weight excluding hydrogens is 294 g/mol. The summed E-state index contributed by atoms with van der Waals surface area (Å²) in [5.41, 5.74) is 0.892. The van der Waals surface area contributed by atoms with Crippen LogP contribution in [0, 0.1) is 11.3 Å². The van der Waals surface area contributed by atoms with Crippen molar-refractivity contribution in [1.82, 2.24) is 10.6 Å². The molecule has 0 bridgehead atoms. The smallest absolute Gasteiger partial charge is 0.407 e. The molecule has 122 valence electrons. The number of rotatable bonds is 8. The molecule has 2 atom stereocenters. The van der Waals surface area contributed by atoms with Gasteiger partial charge in [0.1, 0.15) is 12.1 Å². The fourth-order valence-corrected chi connectivity index (χ4v) is 1.82. The number of benzene rings is 1. The monoisotopic (exact) mass is 315 g/mol. The Morgan fingerprint density at radius 3 is 2.65 bits per heavy atom. The van der Waals surface area contributed by atoms with E-state index in [1.165, 1.54) is 0 Å². The molecule has 0 fully saturated rings. The van der Waals surface area contributed by atoms with Crippen LogP contribution in [-0.2, 0) is 16.0 Å². The number of carbonyl (C=O) groups is 2. The summed E-state index contributed by atoms with van der Waals surface area (Å²) in [7, 11) is 0. The van der Waals surface area contributed by atoms with E-state index in [4.69, 9.17) is 10.00 Å². The summed E-state index contributed by atoms with van der Waals surface area (Å²) < 4.78 is 4.97. The highest BCUT2D eigenvalue weighted by atomic mass is 16.5. The number of nitrogens with zero attached hydrogens (tertiary/aromatic N) is 1. The first-order valence-corrected chi connectivity index (χ1v) is 7.35. The van der Waals surface area contributed by atoms with Crippen molar-refractivity contribution in [2.24, 2.45) is 0 Å². The maximum absolute atomic E-state index is 12.2. The first-order chi connectivity index (χ1) is 11.1. The van der Waals surface area contributed by atoms with Crippen molar-refractivity contribution < 1.29 is 14.3 Å². The average molecular weight is 315 g/mol. The van der Waals surface area contributed by atoms with Gasteiger partial charge in [-0.1, -0.05) is 36.4 Å². The van der Waals surface area contributed by atoms with Crippen LogP contribution in [0.3, 0.4) is 0 Å². The van der Waals surface area contributed by atoms with Crippen molar-refractivity contribution in [3.63, 3.8) is 0 Å². The second kappa shape index (κ2) is 10.0. The highest BCUT2D eigenvalue weighted by Gasteiger charge is 2.23. The second-order valence-corrected chi connectivity index (χ2v) is 4.96. The first-order valence-electron chi connectivity index (χ1n) is 7.35. The van der Waals surface area contributed by atoms with Crippen LogP contribution in [0.4, 0.5) is 4.79 Å². The van der Waals surface area contributed by atoms with Gasteiger partial charge in [0.15, 0.2) is 0 Å². The van der Waals surface area contributed by atoms with Crippen LogP contribution in [0.1, 0.15) is 18.9 Å². The normalized spacial score (nSPS) is 12.3. The summed E-state index contributed by atoms with van der Waals surface area (Å²) in [5, 5.41) is 13.9. The zero-order valence-electron chi connectivity index (χ0n) is 13.1. The van der Waals surface area contributed by atoms with Gasteiger partial charge in [-0.3, -0.25) is 4.79 Å². The third-order valence-corrected chi connectivity index (χ3v) is 3.00. The van der Waals surface area contributed by atoms with E-state index < -0.39 is 24.1 Å². The van der Waals surface area contributed by atoms with E-state index in [-0.39, 0.29) is 6.61 Å². The van der Waals surface area contributed by atoms with E-state index in [0.717, 1.165) is 5.56 Å². The standard InChI is InChI=1S/C17H21N3O3/c1-3-4-10-23-17(22)20-15(16(21)19-13(2)12-18)11-14-8-6-5-7-9-14/h3,5-9,13,15H,1,4,10-11H2,2H3,(H,19,21)(H,20,22). The van der Waals surface area contributed by atoms with Gasteiger partial charge in [-0.2, -0.15) is 5.26 Å². The van der Waals surface area contributed by atoms with Crippen molar-refractivity contribution in [1.29, 1.82) is 5.26 Å². The van der Waals surface area contributed by atoms with E-state index in [2.05, 4.69) is 17.2 Å². The minimum absolute atomic E-state index is 0.198. The Bertz CT molecular complexity index is 566. The van der Waals surface area contributed by atoms with Gasteiger partial charge < -0.3 is 15.4 Å². The molecule has 1 rings (SSSR count). The minimum Gasteiger partial charge on any atom is -0.449 e. The Labute approximate surface area is 136 Å². The van der Waals surface area contributed by atoms with Crippen molar-refractivity contribution >= 4 is 12.0 Å². The third-order valence-electron chi connectivity index (χ3n) is 3.00. The van der Waals surface area contributed by atoms with E-state index in [1.807, 2.05) is 36.4 Å². The topological polar surface area (TPSA) is 91.2 Å². The molecule has 0 aliphatic rings. The van der Waals surface area contributed by atoms with Crippen molar-refractivity contribution in [2.75, 3.05) is 6.61 Å². The fourth-order valence-electron chi connectivity index (χ4n) is 1.82. The van der Waals surface area contributed by atoms with E-state index >= 15 is 0 Å². The van der Waals surface area contributed by atoms with Gasteiger partial charge in [0.05, 0.1) is 12.7 Å². The highest BCUT2D eigenvalue weighted by Crippen LogP contribution is 2.04. The number of hydrogen-bond acceptors (Lipinski definition) is 4. The highest BCUT2D eigenvalue weighted by molar-refractivity contribution is 5.86. The summed E-state index contributed by atoms with van der Waals surface area (Å²) in [6.45, 7) is 5.31. The van der Waals surface area contributed by atoms with Gasteiger partial charge >= 0.3 is 6.09 Å². The number of nitriles is 1. The predicted octanol–water partition coefficient (Wildman–Crippen LogP) is 1.93. The van der Waals surface area contributed by atoms with E-state index in [0.29, 0.717) is 12.8 Å². The molecule has 0 aliphatic carbocycles.